The molecule has 2 amide bonds. The topological polar surface area (TPSA) is 105 Å². The number of ether oxygens (including phenoxy) is 1. The summed E-state index contributed by atoms with van der Waals surface area (Å²) in [7, 11) is 0. The zero-order chi connectivity index (χ0) is 21.1. The Balaban J connectivity index is 2.10. The van der Waals surface area contributed by atoms with E-state index in [2.05, 4.69) is 10.6 Å². The first-order valence-corrected chi connectivity index (χ1v) is 10.0. The molecular formula is C22H30N2O5. The summed E-state index contributed by atoms with van der Waals surface area (Å²) in [6.45, 7) is 1.62. The quantitative estimate of drug-likeness (QED) is 0.494. The van der Waals surface area contributed by atoms with E-state index in [1.54, 1.807) is 6.92 Å². The van der Waals surface area contributed by atoms with Gasteiger partial charge >= 0.3 is 5.97 Å². The zero-order valence-electron chi connectivity index (χ0n) is 16.8. The maximum atomic E-state index is 12.9. The molecule has 0 radical (unpaired) electrons. The van der Waals surface area contributed by atoms with Crippen LogP contribution in [0.4, 0.5) is 0 Å². The van der Waals surface area contributed by atoms with E-state index >= 15 is 0 Å². The first kappa shape index (κ1) is 22.6. The van der Waals surface area contributed by atoms with Crippen molar-refractivity contribution in [2.45, 2.75) is 51.1 Å². The summed E-state index contributed by atoms with van der Waals surface area (Å²) in [6.07, 6.45) is 5.42. The normalized spacial score (nSPS) is 21.9. The first-order chi connectivity index (χ1) is 14.0. The molecule has 7 nitrogen and oxygen atoms in total. The monoisotopic (exact) mass is 402 g/mol. The summed E-state index contributed by atoms with van der Waals surface area (Å²) in [4.78, 5) is 37.0. The molecule has 7 heteroatoms. The fourth-order valence-corrected chi connectivity index (χ4v) is 3.10. The van der Waals surface area contributed by atoms with Gasteiger partial charge in [-0.05, 0) is 31.7 Å². The molecule has 1 aliphatic rings. The molecule has 0 bridgehead atoms. The number of aliphatic hydroxyl groups is 1. The van der Waals surface area contributed by atoms with Crippen LogP contribution in [0.3, 0.4) is 0 Å². The number of benzene rings is 1. The Morgan fingerprint density at radius 1 is 1.28 bits per heavy atom. The number of rotatable bonds is 6. The fourth-order valence-electron chi connectivity index (χ4n) is 3.10. The highest BCUT2D eigenvalue weighted by molar-refractivity contribution is 5.86. The number of allylic oxidation sites excluding steroid dienone is 2. The minimum absolute atomic E-state index is 0.0261. The number of aliphatic hydroxyl groups excluding tert-OH is 1. The largest absolute Gasteiger partial charge is 0.463 e. The van der Waals surface area contributed by atoms with Gasteiger partial charge in [-0.2, -0.15) is 0 Å². The molecule has 0 saturated heterocycles. The van der Waals surface area contributed by atoms with E-state index in [4.69, 9.17) is 9.84 Å². The molecule has 0 fully saturated rings. The molecular weight excluding hydrogens is 372 g/mol. The van der Waals surface area contributed by atoms with Gasteiger partial charge in [-0.15, -0.1) is 0 Å². The number of amides is 2. The maximum Gasteiger partial charge on any atom is 0.306 e. The molecule has 0 aliphatic carbocycles. The number of cyclic esters (lactones) is 1. The van der Waals surface area contributed by atoms with Crippen molar-refractivity contribution in [1.82, 2.24) is 10.6 Å². The smallest absolute Gasteiger partial charge is 0.306 e. The molecule has 1 aromatic rings. The van der Waals surface area contributed by atoms with Gasteiger partial charge in [0.05, 0.1) is 18.6 Å². The summed E-state index contributed by atoms with van der Waals surface area (Å²) in [5, 5.41) is 14.7. The number of esters is 1. The molecule has 1 aromatic carbocycles. The Kier molecular flexibility index (Phi) is 9.37. The van der Waals surface area contributed by atoms with Crippen LogP contribution in [0.15, 0.2) is 42.5 Å². The molecule has 3 N–H and O–H groups in total. The second-order valence-electron chi connectivity index (χ2n) is 7.38. The van der Waals surface area contributed by atoms with Gasteiger partial charge in [-0.3, -0.25) is 14.4 Å². The van der Waals surface area contributed by atoms with Crippen LogP contribution < -0.4 is 10.6 Å². The van der Waals surface area contributed by atoms with Gasteiger partial charge in [-0.1, -0.05) is 42.5 Å². The predicted molar refractivity (Wildman–Crippen MR) is 109 cm³/mol. The van der Waals surface area contributed by atoms with Crippen molar-refractivity contribution in [1.29, 1.82) is 0 Å². The Hall–Kier alpha value is -2.67. The molecule has 0 saturated carbocycles. The molecule has 3 atom stereocenters. The van der Waals surface area contributed by atoms with E-state index in [1.165, 1.54) is 0 Å². The Bertz CT molecular complexity index is 704. The predicted octanol–water partition coefficient (Wildman–Crippen LogP) is 1.50. The van der Waals surface area contributed by atoms with Crippen molar-refractivity contribution >= 4 is 17.8 Å². The number of hydrogen-bond donors (Lipinski definition) is 3. The third-order valence-corrected chi connectivity index (χ3v) is 4.70. The van der Waals surface area contributed by atoms with Gasteiger partial charge in [0.25, 0.3) is 0 Å². The van der Waals surface area contributed by atoms with Crippen molar-refractivity contribution < 1.29 is 24.2 Å². The van der Waals surface area contributed by atoms with Crippen LogP contribution in [0.25, 0.3) is 0 Å². The van der Waals surface area contributed by atoms with Crippen molar-refractivity contribution in [2.24, 2.45) is 5.92 Å². The van der Waals surface area contributed by atoms with Gasteiger partial charge < -0.3 is 20.5 Å². The molecule has 29 heavy (non-hydrogen) atoms. The standard InChI is InChI=1S/C22H30N2O5/c1-16(14-25)23-20(26)13-18-10-6-3-7-11-21(27)29-15-19(24-22(18)28)12-17-8-4-2-5-9-17/h2-6,8-9,16,18-19,25H,7,10-15H2,1H3,(H,23,26)(H,24,28)/t16-,18+,19+/m0/s1. The lowest BCUT2D eigenvalue weighted by molar-refractivity contribution is -0.145. The van der Waals surface area contributed by atoms with Crippen molar-refractivity contribution in [3.05, 3.63) is 48.0 Å². The Morgan fingerprint density at radius 3 is 2.76 bits per heavy atom. The number of hydrogen-bond acceptors (Lipinski definition) is 5. The lowest BCUT2D eigenvalue weighted by Gasteiger charge is -2.23. The van der Waals surface area contributed by atoms with Crippen LogP contribution in [-0.2, 0) is 25.5 Å². The molecule has 158 valence electrons. The average molecular weight is 402 g/mol. The molecule has 0 aromatic heterocycles. The van der Waals surface area contributed by atoms with Gasteiger partial charge in [0, 0.05) is 18.9 Å². The van der Waals surface area contributed by atoms with E-state index < -0.39 is 5.92 Å². The number of carbonyl (C=O) groups excluding carboxylic acids is 3. The first-order valence-electron chi connectivity index (χ1n) is 10.0. The highest BCUT2D eigenvalue weighted by Crippen LogP contribution is 2.14. The maximum absolute atomic E-state index is 12.9. The van der Waals surface area contributed by atoms with Crippen LogP contribution in [-0.4, -0.2) is 48.2 Å². The van der Waals surface area contributed by atoms with E-state index in [9.17, 15) is 14.4 Å². The van der Waals surface area contributed by atoms with Crippen LogP contribution in [0, 0.1) is 5.92 Å². The summed E-state index contributed by atoms with van der Waals surface area (Å²) in [6, 6.07) is 8.91. The molecule has 1 aliphatic heterocycles. The number of nitrogens with one attached hydrogen (secondary N) is 2. The zero-order valence-corrected chi connectivity index (χ0v) is 16.8. The van der Waals surface area contributed by atoms with E-state index in [-0.39, 0.29) is 55.9 Å². The highest BCUT2D eigenvalue weighted by Gasteiger charge is 2.25. The SMILES string of the molecule is C[C@@H](CO)NC(=O)C[C@H]1CC=CCCC(=O)OC[C@@H](Cc2ccccc2)NC1=O. The van der Waals surface area contributed by atoms with Crippen molar-refractivity contribution in [3.8, 4) is 0 Å². The Morgan fingerprint density at radius 2 is 2.03 bits per heavy atom. The van der Waals surface area contributed by atoms with E-state index in [0.717, 1.165) is 5.56 Å². The second kappa shape index (κ2) is 12.0. The summed E-state index contributed by atoms with van der Waals surface area (Å²) >= 11 is 0. The third kappa shape index (κ3) is 8.48. The van der Waals surface area contributed by atoms with Gasteiger partial charge in [-0.25, -0.2) is 0 Å². The summed E-state index contributed by atoms with van der Waals surface area (Å²) < 4.78 is 5.34. The lowest BCUT2D eigenvalue weighted by atomic mass is 9.97. The average Bonchev–Trinajstić information content (AvgIpc) is 2.70. The summed E-state index contributed by atoms with van der Waals surface area (Å²) in [5.74, 6) is -1.36. The van der Waals surface area contributed by atoms with E-state index in [1.807, 2.05) is 42.5 Å². The lowest BCUT2D eigenvalue weighted by Crippen LogP contribution is -2.45. The van der Waals surface area contributed by atoms with Crippen LogP contribution in [0.1, 0.15) is 38.2 Å². The third-order valence-electron chi connectivity index (χ3n) is 4.70. The minimum atomic E-state index is -0.537. The molecule has 0 unspecified atom stereocenters. The van der Waals surface area contributed by atoms with Gasteiger partial charge in [0.1, 0.15) is 6.61 Å². The number of carbonyl (C=O) groups is 3. The van der Waals surface area contributed by atoms with Crippen molar-refractivity contribution in [2.75, 3.05) is 13.2 Å². The van der Waals surface area contributed by atoms with Crippen LogP contribution in [0.2, 0.25) is 0 Å². The molecule has 0 spiro atoms. The van der Waals surface area contributed by atoms with Gasteiger partial charge in [0.2, 0.25) is 11.8 Å². The fraction of sp³-hybridized carbons (Fsp3) is 0.500. The Labute approximate surface area is 171 Å². The molecule has 1 heterocycles. The minimum Gasteiger partial charge on any atom is -0.463 e. The highest BCUT2D eigenvalue weighted by atomic mass is 16.5. The second-order valence-corrected chi connectivity index (χ2v) is 7.38. The van der Waals surface area contributed by atoms with Crippen LogP contribution >= 0.6 is 0 Å². The van der Waals surface area contributed by atoms with Gasteiger partial charge in [0.15, 0.2) is 0 Å². The van der Waals surface area contributed by atoms with Crippen molar-refractivity contribution in [3.63, 3.8) is 0 Å². The summed E-state index contributed by atoms with van der Waals surface area (Å²) in [5.41, 5.74) is 1.02. The van der Waals surface area contributed by atoms with Crippen LogP contribution in [0.5, 0.6) is 0 Å². The molecule has 2 rings (SSSR count). The van der Waals surface area contributed by atoms with E-state index in [0.29, 0.717) is 19.3 Å².